The number of halogens is 1. The van der Waals surface area contributed by atoms with Crippen LogP contribution in [0.2, 0.25) is 0 Å². The molecule has 0 saturated heterocycles. The Hall–Kier alpha value is -0.890. The summed E-state index contributed by atoms with van der Waals surface area (Å²) >= 11 is 5.93. The van der Waals surface area contributed by atoms with E-state index < -0.39 is 10.8 Å². The molecule has 0 N–H and O–H groups in total. The van der Waals surface area contributed by atoms with Crippen LogP contribution in [-0.2, 0) is 9.59 Å². The lowest BCUT2D eigenvalue weighted by atomic mass is 9.50. The SMILES string of the molecule is CC(=O)C12[C@@H]3C=C[C@@H]4[C@@H]3[C@@H]3[C@@H]1C=C[C@@H]3C42C(=O)CCl. The molecular weight excluding hydrogens is 260 g/mol. The molecule has 3 heteroatoms. The highest BCUT2D eigenvalue weighted by Crippen LogP contribution is 2.89. The molecule has 98 valence electrons. The van der Waals surface area contributed by atoms with Crippen LogP contribution in [0.1, 0.15) is 6.92 Å². The van der Waals surface area contributed by atoms with Gasteiger partial charge in [-0.25, -0.2) is 0 Å². The zero-order valence-electron chi connectivity index (χ0n) is 10.7. The third-order valence-corrected chi connectivity index (χ3v) is 7.35. The monoisotopic (exact) mass is 274 g/mol. The number of ketones is 2. The normalized spacial score (nSPS) is 60.7. The van der Waals surface area contributed by atoms with Crippen molar-refractivity contribution in [3.05, 3.63) is 24.3 Å². The third-order valence-electron chi connectivity index (χ3n) is 7.11. The number of Topliss-reactive ketones (excluding diaryl/α,β-unsaturated/α-hetero) is 2. The maximum Gasteiger partial charge on any atom is 0.155 e. The van der Waals surface area contributed by atoms with Crippen molar-refractivity contribution >= 4 is 23.2 Å². The van der Waals surface area contributed by atoms with Crippen LogP contribution in [0.5, 0.6) is 0 Å². The molecule has 0 aromatic rings. The molecule has 19 heavy (non-hydrogen) atoms. The van der Waals surface area contributed by atoms with Crippen molar-refractivity contribution in [2.24, 2.45) is 46.3 Å². The van der Waals surface area contributed by atoms with Crippen LogP contribution in [0.15, 0.2) is 24.3 Å². The molecule has 4 fully saturated rings. The van der Waals surface area contributed by atoms with Gasteiger partial charge in [-0.05, 0) is 42.4 Å². The topological polar surface area (TPSA) is 34.1 Å². The van der Waals surface area contributed by atoms with Crippen molar-refractivity contribution in [1.29, 1.82) is 0 Å². The summed E-state index contributed by atoms with van der Waals surface area (Å²) in [4.78, 5) is 25.4. The van der Waals surface area contributed by atoms with Gasteiger partial charge in [0, 0.05) is 0 Å². The van der Waals surface area contributed by atoms with Crippen molar-refractivity contribution in [2.45, 2.75) is 6.92 Å². The Kier molecular flexibility index (Phi) is 1.58. The molecule has 8 atom stereocenters. The molecule has 0 spiro atoms. The lowest BCUT2D eigenvalue weighted by Gasteiger charge is -2.50. The first-order valence-corrected chi connectivity index (χ1v) is 7.63. The van der Waals surface area contributed by atoms with Crippen molar-refractivity contribution < 1.29 is 9.59 Å². The summed E-state index contributed by atoms with van der Waals surface area (Å²) in [5.74, 6) is 2.52. The van der Waals surface area contributed by atoms with E-state index in [0.717, 1.165) is 0 Å². The average Bonchev–Trinajstić information content (AvgIpc) is 3.15. The molecule has 4 saturated carbocycles. The van der Waals surface area contributed by atoms with Gasteiger partial charge in [-0.2, -0.15) is 0 Å². The molecule has 0 aromatic heterocycles. The number of carbonyl (C=O) groups excluding carboxylic acids is 2. The predicted octanol–water partition coefficient (Wildman–Crippen LogP) is 2.23. The van der Waals surface area contributed by atoms with E-state index in [9.17, 15) is 9.59 Å². The van der Waals surface area contributed by atoms with Crippen LogP contribution in [0.4, 0.5) is 0 Å². The van der Waals surface area contributed by atoms with Crippen LogP contribution in [0.3, 0.4) is 0 Å². The number of rotatable bonds is 3. The second kappa shape index (κ2) is 2.76. The maximum atomic E-state index is 12.8. The number of alkyl halides is 1. The molecule has 0 radical (unpaired) electrons. The fraction of sp³-hybridized carbons (Fsp3) is 0.625. The molecule has 8 bridgehead atoms. The van der Waals surface area contributed by atoms with E-state index in [1.807, 2.05) is 0 Å². The van der Waals surface area contributed by atoms with Crippen LogP contribution in [0, 0.1) is 46.3 Å². The number of allylic oxidation sites excluding steroid dienone is 4. The van der Waals surface area contributed by atoms with Gasteiger partial charge in [-0.15, -0.1) is 11.6 Å². The summed E-state index contributed by atoms with van der Waals surface area (Å²) in [6, 6.07) is 0. The van der Waals surface area contributed by atoms with Crippen molar-refractivity contribution in [3.8, 4) is 0 Å². The van der Waals surface area contributed by atoms with Gasteiger partial charge in [0.25, 0.3) is 0 Å². The highest BCUT2D eigenvalue weighted by Gasteiger charge is 2.91. The van der Waals surface area contributed by atoms with Gasteiger partial charge < -0.3 is 0 Å². The first-order chi connectivity index (χ1) is 9.13. The zero-order chi connectivity index (χ0) is 13.2. The summed E-state index contributed by atoms with van der Waals surface area (Å²) in [5, 5.41) is 0. The molecule has 0 amide bonds. The largest absolute Gasteiger partial charge is 0.299 e. The Bertz CT molecular complexity index is 570. The van der Waals surface area contributed by atoms with E-state index in [2.05, 4.69) is 24.3 Å². The van der Waals surface area contributed by atoms with Crippen molar-refractivity contribution in [3.63, 3.8) is 0 Å². The minimum atomic E-state index is -0.491. The minimum absolute atomic E-state index is 0.0442. The van der Waals surface area contributed by atoms with Gasteiger partial charge in [0.15, 0.2) is 5.78 Å². The molecule has 6 rings (SSSR count). The molecule has 6 aliphatic rings. The molecule has 0 aromatic carbocycles. The summed E-state index contributed by atoms with van der Waals surface area (Å²) in [5.41, 5.74) is -0.943. The van der Waals surface area contributed by atoms with E-state index >= 15 is 0 Å². The first-order valence-electron chi connectivity index (χ1n) is 7.10. The summed E-state index contributed by atoms with van der Waals surface area (Å²) < 4.78 is 0. The maximum absolute atomic E-state index is 12.8. The highest BCUT2D eigenvalue weighted by atomic mass is 35.5. The summed E-state index contributed by atoms with van der Waals surface area (Å²) in [7, 11) is 0. The fourth-order valence-corrected chi connectivity index (χ4v) is 7.46. The van der Waals surface area contributed by atoms with E-state index in [1.165, 1.54) is 0 Å². The molecule has 0 heterocycles. The lowest BCUT2D eigenvalue weighted by Crippen LogP contribution is -2.57. The molecule has 0 aliphatic heterocycles. The van der Waals surface area contributed by atoms with Crippen molar-refractivity contribution in [1.82, 2.24) is 0 Å². The second-order valence-electron chi connectivity index (χ2n) is 6.88. The van der Waals surface area contributed by atoms with Crippen LogP contribution in [-0.4, -0.2) is 17.4 Å². The van der Waals surface area contributed by atoms with E-state index in [0.29, 0.717) is 23.7 Å². The van der Waals surface area contributed by atoms with Crippen LogP contribution < -0.4 is 0 Å². The Labute approximate surface area is 116 Å². The minimum Gasteiger partial charge on any atom is -0.299 e. The van der Waals surface area contributed by atoms with Crippen molar-refractivity contribution in [2.75, 3.05) is 5.88 Å². The van der Waals surface area contributed by atoms with E-state index in [1.54, 1.807) is 6.92 Å². The fourth-order valence-electron chi connectivity index (χ4n) is 7.24. The summed E-state index contributed by atoms with van der Waals surface area (Å²) in [6.07, 6.45) is 8.87. The Morgan fingerprint density at radius 1 is 0.947 bits per heavy atom. The number of hydrogen-bond acceptors (Lipinski definition) is 2. The quantitative estimate of drug-likeness (QED) is 0.584. The van der Waals surface area contributed by atoms with Gasteiger partial charge in [-0.3, -0.25) is 9.59 Å². The molecular formula is C16H15ClO2. The molecule has 2 unspecified atom stereocenters. The van der Waals surface area contributed by atoms with E-state index in [4.69, 9.17) is 11.6 Å². The van der Waals surface area contributed by atoms with E-state index in [-0.39, 0.29) is 29.3 Å². The Balaban J connectivity index is 1.89. The standard InChI is InChI=1S/C16H15ClO2/c1-7(18)15-8-2-4-10-13(8)14-9(15)3-5-11(14)16(10,15)12(19)6-17/h2-5,8-11,13-14H,6H2,1H3/t8-,9+,10-,11+,13-,14-,15?,16?/m1/s1. The van der Waals surface area contributed by atoms with Gasteiger partial charge in [-0.1, -0.05) is 24.3 Å². The lowest BCUT2D eigenvalue weighted by molar-refractivity contribution is -0.150. The number of hydrogen-bond donors (Lipinski definition) is 0. The molecule has 6 aliphatic carbocycles. The van der Waals surface area contributed by atoms with Gasteiger partial charge in [0.2, 0.25) is 0 Å². The van der Waals surface area contributed by atoms with Gasteiger partial charge in [0.1, 0.15) is 5.78 Å². The zero-order valence-corrected chi connectivity index (χ0v) is 11.4. The third kappa shape index (κ3) is 0.674. The molecule has 2 nitrogen and oxygen atoms in total. The van der Waals surface area contributed by atoms with Crippen LogP contribution in [0.25, 0.3) is 0 Å². The summed E-state index contributed by atoms with van der Waals surface area (Å²) in [6.45, 7) is 1.69. The second-order valence-corrected chi connectivity index (χ2v) is 7.15. The highest BCUT2D eigenvalue weighted by molar-refractivity contribution is 6.29. The average molecular weight is 275 g/mol. The Morgan fingerprint density at radius 3 is 1.74 bits per heavy atom. The van der Waals surface area contributed by atoms with Gasteiger partial charge in [0.05, 0.1) is 16.7 Å². The van der Waals surface area contributed by atoms with Gasteiger partial charge >= 0.3 is 0 Å². The number of carbonyl (C=O) groups is 2. The predicted molar refractivity (Wildman–Crippen MR) is 70.5 cm³/mol. The first kappa shape index (κ1) is 10.8. The van der Waals surface area contributed by atoms with Crippen LogP contribution >= 0.6 is 11.6 Å². The smallest absolute Gasteiger partial charge is 0.155 e. The Morgan fingerprint density at radius 2 is 1.37 bits per heavy atom.